The minimum atomic E-state index is 0.936. The zero-order chi connectivity index (χ0) is 5.70. The maximum Gasteiger partial charge on any atom is 0.00210 e. The number of hydrogen-bond acceptors (Lipinski definition) is 0. The molecule has 7 heavy (non-hydrogen) atoms. The summed E-state index contributed by atoms with van der Waals surface area (Å²) in [5.41, 5.74) is 0. The van der Waals surface area contributed by atoms with Crippen LogP contribution in [0.15, 0.2) is 0 Å². The van der Waals surface area contributed by atoms with Gasteiger partial charge in [-0.25, -0.2) is 0 Å². The molecule has 0 aromatic rings. The molecular formula is C6H13I. The van der Waals surface area contributed by atoms with Gasteiger partial charge in [0.15, 0.2) is 0 Å². The van der Waals surface area contributed by atoms with Crippen LogP contribution in [-0.2, 0) is 0 Å². The van der Waals surface area contributed by atoms with Crippen molar-refractivity contribution >= 4 is 22.6 Å². The van der Waals surface area contributed by atoms with Crippen molar-refractivity contribution in [1.29, 1.82) is 0 Å². The lowest BCUT2D eigenvalue weighted by Gasteiger charge is -2.01. The molecule has 0 aromatic heterocycles. The molecule has 0 aliphatic carbocycles. The van der Waals surface area contributed by atoms with E-state index in [1.165, 1.54) is 17.3 Å². The number of halogens is 1. The summed E-state index contributed by atoms with van der Waals surface area (Å²) in [6, 6.07) is 0. The van der Waals surface area contributed by atoms with Crippen molar-refractivity contribution in [1.82, 2.24) is 0 Å². The summed E-state index contributed by atoms with van der Waals surface area (Å²) >= 11 is 2.44. The second kappa shape index (κ2) is 4.88. The molecule has 0 radical (unpaired) electrons. The van der Waals surface area contributed by atoms with Crippen LogP contribution in [0.1, 0.15) is 26.7 Å². The van der Waals surface area contributed by atoms with Gasteiger partial charge in [0.25, 0.3) is 0 Å². The summed E-state index contributed by atoms with van der Waals surface area (Å²) < 4.78 is 1.31. The Morgan fingerprint density at radius 2 is 2.14 bits per heavy atom. The Balaban J connectivity index is 2.83. The lowest BCUT2D eigenvalue weighted by Crippen LogP contribution is -1.92. The van der Waals surface area contributed by atoms with Crippen LogP contribution >= 0.6 is 22.6 Å². The molecule has 0 rings (SSSR count). The molecule has 0 bridgehead atoms. The summed E-state index contributed by atoms with van der Waals surface area (Å²) in [5, 5.41) is 0. The standard InChI is InChI=1S/C6H13I/c1-3-4-6(2)5-7/h6H,3-5H2,1-2H3/t6-/m0/s1. The third-order valence-corrected chi connectivity index (χ3v) is 2.55. The van der Waals surface area contributed by atoms with E-state index in [1.54, 1.807) is 0 Å². The Bertz CT molecular complexity index is 35.2. The first-order valence-electron chi connectivity index (χ1n) is 2.87. The molecule has 0 heterocycles. The molecule has 0 amide bonds. The van der Waals surface area contributed by atoms with Crippen LogP contribution in [0.2, 0.25) is 0 Å². The van der Waals surface area contributed by atoms with Gasteiger partial charge in [-0.15, -0.1) is 0 Å². The van der Waals surface area contributed by atoms with Crippen LogP contribution in [0, 0.1) is 5.92 Å². The van der Waals surface area contributed by atoms with E-state index in [9.17, 15) is 0 Å². The molecule has 0 saturated heterocycles. The molecule has 0 aliphatic rings. The first-order chi connectivity index (χ1) is 3.31. The average Bonchev–Trinajstić information content (AvgIpc) is 1.68. The smallest absolute Gasteiger partial charge is 0.00210 e. The van der Waals surface area contributed by atoms with Crippen LogP contribution < -0.4 is 0 Å². The number of rotatable bonds is 3. The Kier molecular flexibility index (Phi) is 5.39. The second-order valence-corrected chi connectivity index (χ2v) is 2.93. The zero-order valence-corrected chi connectivity index (χ0v) is 7.23. The predicted octanol–water partition coefficient (Wildman–Crippen LogP) is 2.86. The lowest BCUT2D eigenvalue weighted by atomic mass is 10.1. The fourth-order valence-electron chi connectivity index (χ4n) is 0.570. The van der Waals surface area contributed by atoms with E-state index in [-0.39, 0.29) is 0 Å². The molecule has 0 unspecified atom stereocenters. The monoisotopic (exact) mass is 212 g/mol. The van der Waals surface area contributed by atoms with E-state index in [4.69, 9.17) is 0 Å². The highest BCUT2D eigenvalue weighted by Crippen LogP contribution is 2.06. The molecule has 0 nitrogen and oxygen atoms in total. The predicted molar refractivity (Wildman–Crippen MR) is 43.0 cm³/mol. The van der Waals surface area contributed by atoms with Crippen LogP contribution in [0.5, 0.6) is 0 Å². The molecule has 44 valence electrons. The average molecular weight is 212 g/mol. The van der Waals surface area contributed by atoms with Gasteiger partial charge in [0.05, 0.1) is 0 Å². The molecule has 0 spiro atoms. The molecular weight excluding hydrogens is 199 g/mol. The van der Waals surface area contributed by atoms with E-state index in [1.807, 2.05) is 0 Å². The van der Waals surface area contributed by atoms with E-state index in [0.29, 0.717) is 0 Å². The van der Waals surface area contributed by atoms with Crippen molar-refractivity contribution in [2.45, 2.75) is 26.7 Å². The fraction of sp³-hybridized carbons (Fsp3) is 1.00. The molecule has 1 heteroatoms. The van der Waals surface area contributed by atoms with Crippen molar-refractivity contribution in [3.8, 4) is 0 Å². The van der Waals surface area contributed by atoms with Crippen molar-refractivity contribution in [2.75, 3.05) is 4.43 Å². The highest BCUT2D eigenvalue weighted by atomic mass is 127. The van der Waals surface area contributed by atoms with Crippen LogP contribution in [0.25, 0.3) is 0 Å². The van der Waals surface area contributed by atoms with Gasteiger partial charge in [-0.1, -0.05) is 49.3 Å². The molecule has 0 aliphatic heterocycles. The number of alkyl halides is 1. The van der Waals surface area contributed by atoms with Gasteiger partial charge in [0.1, 0.15) is 0 Å². The van der Waals surface area contributed by atoms with Gasteiger partial charge < -0.3 is 0 Å². The van der Waals surface area contributed by atoms with Crippen molar-refractivity contribution in [3.63, 3.8) is 0 Å². The second-order valence-electron chi connectivity index (χ2n) is 2.05. The van der Waals surface area contributed by atoms with E-state index in [0.717, 1.165) is 5.92 Å². The maximum absolute atomic E-state index is 2.44. The third kappa shape index (κ3) is 4.59. The molecule has 0 saturated carbocycles. The topological polar surface area (TPSA) is 0 Å². The summed E-state index contributed by atoms with van der Waals surface area (Å²) in [7, 11) is 0. The van der Waals surface area contributed by atoms with Crippen LogP contribution in [0.3, 0.4) is 0 Å². The van der Waals surface area contributed by atoms with Gasteiger partial charge in [-0.2, -0.15) is 0 Å². The highest BCUT2D eigenvalue weighted by Gasteiger charge is 1.93. The fourth-order valence-corrected chi connectivity index (χ4v) is 1.01. The van der Waals surface area contributed by atoms with Crippen molar-refractivity contribution < 1.29 is 0 Å². The molecule has 1 atom stereocenters. The zero-order valence-electron chi connectivity index (χ0n) is 5.08. The Morgan fingerprint density at radius 3 is 2.29 bits per heavy atom. The first-order valence-corrected chi connectivity index (χ1v) is 4.39. The van der Waals surface area contributed by atoms with Gasteiger partial charge in [0.2, 0.25) is 0 Å². The number of hydrogen-bond donors (Lipinski definition) is 0. The highest BCUT2D eigenvalue weighted by molar-refractivity contribution is 14.1. The minimum Gasteiger partial charge on any atom is -0.0861 e. The third-order valence-electron chi connectivity index (χ3n) is 1.04. The SMILES string of the molecule is CCC[C@H](C)CI. The molecule has 0 N–H and O–H groups in total. The van der Waals surface area contributed by atoms with Crippen molar-refractivity contribution in [2.24, 2.45) is 5.92 Å². The molecule has 0 aromatic carbocycles. The molecule has 0 fully saturated rings. The Hall–Kier alpha value is 0.730. The van der Waals surface area contributed by atoms with Gasteiger partial charge in [-0.3, -0.25) is 0 Å². The van der Waals surface area contributed by atoms with Crippen LogP contribution in [-0.4, -0.2) is 4.43 Å². The lowest BCUT2D eigenvalue weighted by molar-refractivity contribution is 0.592. The van der Waals surface area contributed by atoms with E-state index >= 15 is 0 Å². The van der Waals surface area contributed by atoms with Gasteiger partial charge >= 0.3 is 0 Å². The summed E-state index contributed by atoms with van der Waals surface area (Å²) in [5.74, 6) is 0.936. The largest absolute Gasteiger partial charge is 0.0861 e. The van der Waals surface area contributed by atoms with Gasteiger partial charge in [0, 0.05) is 4.43 Å². The van der Waals surface area contributed by atoms with E-state index in [2.05, 4.69) is 36.4 Å². The normalized spacial score (nSPS) is 14.1. The minimum absolute atomic E-state index is 0.936. The van der Waals surface area contributed by atoms with Gasteiger partial charge in [-0.05, 0) is 5.92 Å². The Labute approximate surface area is 59.8 Å². The van der Waals surface area contributed by atoms with Crippen molar-refractivity contribution in [3.05, 3.63) is 0 Å². The summed E-state index contributed by atoms with van der Waals surface area (Å²) in [6.07, 6.45) is 2.73. The summed E-state index contributed by atoms with van der Waals surface area (Å²) in [4.78, 5) is 0. The first kappa shape index (κ1) is 7.73. The maximum atomic E-state index is 2.44. The quantitative estimate of drug-likeness (QED) is 0.498. The Morgan fingerprint density at radius 1 is 1.57 bits per heavy atom. The van der Waals surface area contributed by atoms with E-state index < -0.39 is 0 Å². The van der Waals surface area contributed by atoms with Crippen LogP contribution in [0.4, 0.5) is 0 Å². The summed E-state index contributed by atoms with van der Waals surface area (Å²) in [6.45, 7) is 4.54.